The molecule has 1 amide bonds. The van der Waals surface area contributed by atoms with Crippen LogP contribution in [-0.4, -0.2) is 28.1 Å². The fraction of sp³-hybridized carbons (Fsp3) is 0.250. The third-order valence-corrected chi connectivity index (χ3v) is 3.89. The number of anilines is 1. The summed E-state index contributed by atoms with van der Waals surface area (Å²) in [5, 5.41) is 9.29. The zero-order valence-corrected chi connectivity index (χ0v) is 11.7. The first kappa shape index (κ1) is 13.4. The van der Waals surface area contributed by atoms with Gasteiger partial charge in [-0.3, -0.25) is 4.79 Å². The van der Waals surface area contributed by atoms with E-state index in [1.807, 2.05) is 25.4 Å². The van der Waals surface area contributed by atoms with Gasteiger partial charge in [0.05, 0.1) is 5.56 Å². The summed E-state index contributed by atoms with van der Waals surface area (Å²) in [4.78, 5) is 25.7. The molecule has 0 saturated heterocycles. The molecule has 0 radical (unpaired) electrons. The van der Waals surface area contributed by atoms with Crippen molar-refractivity contribution in [3.05, 3.63) is 53.3 Å². The lowest BCUT2D eigenvalue weighted by Crippen LogP contribution is -2.37. The van der Waals surface area contributed by atoms with E-state index in [4.69, 9.17) is 0 Å². The normalized spacial score (nSPS) is 13.9. The average molecular weight is 284 g/mol. The number of carbonyl (C=O) groups excluding carboxylic acids is 1. The van der Waals surface area contributed by atoms with Gasteiger partial charge in [-0.15, -0.1) is 0 Å². The Morgan fingerprint density at radius 2 is 2.00 bits per heavy atom. The van der Waals surface area contributed by atoms with E-state index >= 15 is 0 Å². The molecule has 1 aromatic heterocycles. The zero-order valence-electron chi connectivity index (χ0n) is 11.7. The van der Waals surface area contributed by atoms with E-state index in [0.717, 1.165) is 12.0 Å². The number of benzene rings is 1. The van der Waals surface area contributed by atoms with Crippen LogP contribution in [0, 0.1) is 0 Å². The SMILES string of the molecule is Cn1cccc1C(=O)N1CCCc2c(C(=O)O)cccc21. The summed E-state index contributed by atoms with van der Waals surface area (Å²) >= 11 is 0. The van der Waals surface area contributed by atoms with Gasteiger partial charge in [-0.25, -0.2) is 4.79 Å². The van der Waals surface area contributed by atoms with Crippen LogP contribution in [0.5, 0.6) is 0 Å². The second-order valence-corrected chi connectivity index (χ2v) is 5.17. The van der Waals surface area contributed by atoms with Gasteiger partial charge >= 0.3 is 5.97 Å². The lowest BCUT2D eigenvalue weighted by Gasteiger charge is -2.30. The molecule has 0 bridgehead atoms. The molecule has 0 unspecified atom stereocenters. The molecule has 1 N–H and O–H groups in total. The molecular formula is C16H16N2O3. The number of aromatic carboxylic acids is 1. The Labute approximate surface area is 122 Å². The third kappa shape index (κ3) is 2.20. The number of aryl methyl sites for hydroxylation is 1. The van der Waals surface area contributed by atoms with Crippen molar-refractivity contribution >= 4 is 17.6 Å². The summed E-state index contributed by atoms with van der Waals surface area (Å²) < 4.78 is 1.78. The van der Waals surface area contributed by atoms with Crippen molar-refractivity contribution in [1.82, 2.24) is 4.57 Å². The van der Waals surface area contributed by atoms with Crippen LogP contribution in [0.3, 0.4) is 0 Å². The summed E-state index contributed by atoms with van der Waals surface area (Å²) in [6, 6.07) is 8.71. The monoisotopic (exact) mass is 284 g/mol. The number of amides is 1. The Bertz CT molecular complexity index is 718. The van der Waals surface area contributed by atoms with Crippen molar-refractivity contribution < 1.29 is 14.7 Å². The highest BCUT2D eigenvalue weighted by atomic mass is 16.4. The van der Waals surface area contributed by atoms with Gasteiger partial charge in [0.1, 0.15) is 5.69 Å². The fourth-order valence-corrected chi connectivity index (χ4v) is 2.86. The maximum absolute atomic E-state index is 12.7. The van der Waals surface area contributed by atoms with E-state index in [-0.39, 0.29) is 11.5 Å². The first-order valence-electron chi connectivity index (χ1n) is 6.88. The summed E-state index contributed by atoms with van der Waals surface area (Å²) in [6.07, 6.45) is 3.29. The van der Waals surface area contributed by atoms with Crippen molar-refractivity contribution in [2.75, 3.05) is 11.4 Å². The Kier molecular flexibility index (Phi) is 3.25. The Balaban J connectivity index is 2.05. The molecule has 1 aliphatic rings. The molecule has 1 aliphatic heterocycles. The van der Waals surface area contributed by atoms with Gasteiger partial charge in [-0.1, -0.05) is 6.07 Å². The van der Waals surface area contributed by atoms with Crippen molar-refractivity contribution in [2.24, 2.45) is 7.05 Å². The van der Waals surface area contributed by atoms with Crippen molar-refractivity contribution in [3.8, 4) is 0 Å². The minimum absolute atomic E-state index is 0.0917. The number of carbonyl (C=O) groups is 2. The van der Waals surface area contributed by atoms with Crippen LogP contribution in [0.15, 0.2) is 36.5 Å². The molecule has 5 heteroatoms. The summed E-state index contributed by atoms with van der Waals surface area (Å²) in [7, 11) is 1.83. The van der Waals surface area contributed by atoms with E-state index in [0.29, 0.717) is 24.3 Å². The highest BCUT2D eigenvalue weighted by molar-refractivity contribution is 6.06. The number of rotatable bonds is 2. The van der Waals surface area contributed by atoms with E-state index in [1.165, 1.54) is 0 Å². The molecule has 0 aliphatic carbocycles. The van der Waals surface area contributed by atoms with Crippen LogP contribution in [0.2, 0.25) is 0 Å². The number of fused-ring (bicyclic) bond motifs is 1. The molecule has 2 aromatic rings. The highest BCUT2D eigenvalue weighted by Crippen LogP contribution is 2.31. The van der Waals surface area contributed by atoms with Crippen molar-refractivity contribution in [2.45, 2.75) is 12.8 Å². The van der Waals surface area contributed by atoms with Crippen LogP contribution in [0.25, 0.3) is 0 Å². The van der Waals surface area contributed by atoms with Gasteiger partial charge in [0.15, 0.2) is 0 Å². The number of hydrogen-bond donors (Lipinski definition) is 1. The summed E-state index contributed by atoms with van der Waals surface area (Å²) in [5.74, 6) is -1.04. The topological polar surface area (TPSA) is 62.5 Å². The number of nitrogens with zero attached hydrogens (tertiary/aromatic N) is 2. The largest absolute Gasteiger partial charge is 0.478 e. The smallest absolute Gasteiger partial charge is 0.336 e. The molecule has 0 saturated carbocycles. The van der Waals surface area contributed by atoms with Gasteiger partial charge in [0.25, 0.3) is 5.91 Å². The van der Waals surface area contributed by atoms with Gasteiger partial charge < -0.3 is 14.6 Å². The molecule has 2 heterocycles. The van der Waals surface area contributed by atoms with Crippen molar-refractivity contribution in [1.29, 1.82) is 0 Å². The van der Waals surface area contributed by atoms with Gasteiger partial charge in [0, 0.05) is 25.5 Å². The quantitative estimate of drug-likeness (QED) is 0.920. The van der Waals surface area contributed by atoms with Gasteiger partial charge in [-0.2, -0.15) is 0 Å². The Hall–Kier alpha value is -2.56. The molecule has 5 nitrogen and oxygen atoms in total. The van der Waals surface area contributed by atoms with E-state index in [1.54, 1.807) is 27.7 Å². The molecule has 21 heavy (non-hydrogen) atoms. The molecule has 0 spiro atoms. The molecular weight excluding hydrogens is 268 g/mol. The predicted molar refractivity (Wildman–Crippen MR) is 78.8 cm³/mol. The molecule has 1 aromatic carbocycles. The zero-order chi connectivity index (χ0) is 15.0. The lowest BCUT2D eigenvalue weighted by molar-refractivity contribution is 0.0695. The summed E-state index contributed by atoms with van der Waals surface area (Å²) in [5.41, 5.74) is 2.35. The Morgan fingerprint density at radius 1 is 1.19 bits per heavy atom. The van der Waals surface area contributed by atoms with E-state index < -0.39 is 5.97 Å². The van der Waals surface area contributed by atoms with Crippen LogP contribution < -0.4 is 4.90 Å². The predicted octanol–water partition coefficient (Wildman–Crippen LogP) is 2.32. The van der Waals surface area contributed by atoms with Crippen molar-refractivity contribution in [3.63, 3.8) is 0 Å². The number of aromatic nitrogens is 1. The molecule has 0 atom stereocenters. The van der Waals surface area contributed by atoms with E-state index in [9.17, 15) is 14.7 Å². The number of carboxylic acid groups (broad SMARTS) is 1. The first-order chi connectivity index (χ1) is 10.1. The maximum Gasteiger partial charge on any atom is 0.336 e. The molecule has 108 valence electrons. The standard InChI is InChI=1S/C16H16N2O3/c1-17-9-4-8-14(17)15(19)18-10-3-6-11-12(16(20)21)5-2-7-13(11)18/h2,4-5,7-9H,3,6,10H2,1H3,(H,20,21). The first-order valence-corrected chi connectivity index (χ1v) is 6.88. The lowest BCUT2D eigenvalue weighted by atomic mass is 9.96. The number of carboxylic acids is 1. The van der Waals surface area contributed by atoms with Crippen LogP contribution in [0.4, 0.5) is 5.69 Å². The van der Waals surface area contributed by atoms with Crippen LogP contribution in [0.1, 0.15) is 32.8 Å². The highest BCUT2D eigenvalue weighted by Gasteiger charge is 2.27. The Morgan fingerprint density at radius 3 is 2.67 bits per heavy atom. The van der Waals surface area contributed by atoms with E-state index in [2.05, 4.69) is 0 Å². The van der Waals surface area contributed by atoms with Crippen LogP contribution in [-0.2, 0) is 13.5 Å². The minimum atomic E-state index is -0.944. The average Bonchev–Trinajstić information content (AvgIpc) is 2.91. The second kappa shape index (κ2) is 5.09. The van der Waals surface area contributed by atoms with Gasteiger partial charge in [0.2, 0.25) is 0 Å². The summed E-state index contributed by atoms with van der Waals surface area (Å²) in [6.45, 7) is 0.611. The van der Waals surface area contributed by atoms with Gasteiger partial charge in [-0.05, 0) is 42.7 Å². The minimum Gasteiger partial charge on any atom is -0.478 e. The third-order valence-electron chi connectivity index (χ3n) is 3.89. The number of hydrogen-bond acceptors (Lipinski definition) is 2. The molecule has 3 rings (SSSR count). The van der Waals surface area contributed by atoms with Crippen LogP contribution >= 0.6 is 0 Å². The molecule has 0 fully saturated rings. The fourth-order valence-electron chi connectivity index (χ4n) is 2.86. The second-order valence-electron chi connectivity index (χ2n) is 5.17. The maximum atomic E-state index is 12.7.